The summed E-state index contributed by atoms with van der Waals surface area (Å²) in [5, 5.41) is 0. The van der Waals surface area contributed by atoms with E-state index in [-0.39, 0.29) is 0 Å². The van der Waals surface area contributed by atoms with E-state index >= 15 is 0 Å². The number of hydrogen-bond acceptors (Lipinski definition) is 6. The molecule has 0 aliphatic heterocycles. The van der Waals surface area contributed by atoms with Crippen LogP contribution in [0, 0.1) is 0 Å². The SMILES string of the molecule is COC/C(=C/C(=O)OC)OS(=O)(=O)C(F)(F)F. The largest absolute Gasteiger partial charge is 0.534 e. The zero-order valence-corrected chi connectivity index (χ0v) is 9.59. The number of alkyl halides is 3. The van der Waals surface area contributed by atoms with Crippen molar-refractivity contribution in [1.29, 1.82) is 0 Å². The zero-order valence-electron chi connectivity index (χ0n) is 8.78. The Bertz CT molecular complexity index is 396. The van der Waals surface area contributed by atoms with Gasteiger partial charge in [0.1, 0.15) is 6.61 Å². The molecule has 0 radical (unpaired) electrons. The van der Waals surface area contributed by atoms with Crippen LogP contribution in [0.5, 0.6) is 0 Å². The van der Waals surface area contributed by atoms with Crippen LogP contribution in [0.15, 0.2) is 11.8 Å². The Morgan fingerprint density at radius 3 is 2.18 bits per heavy atom. The first-order valence-corrected chi connectivity index (χ1v) is 5.33. The van der Waals surface area contributed by atoms with E-state index < -0.39 is 34.0 Å². The first-order valence-electron chi connectivity index (χ1n) is 3.92. The number of hydrogen-bond donors (Lipinski definition) is 0. The highest BCUT2D eigenvalue weighted by atomic mass is 32.2. The molecule has 17 heavy (non-hydrogen) atoms. The summed E-state index contributed by atoms with van der Waals surface area (Å²) in [5.41, 5.74) is -5.59. The van der Waals surface area contributed by atoms with Gasteiger partial charge in [0.15, 0.2) is 5.76 Å². The maximum atomic E-state index is 12.0. The van der Waals surface area contributed by atoms with E-state index in [9.17, 15) is 26.4 Å². The molecule has 0 aromatic heterocycles. The third-order valence-corrected chi connectivity index (χ3v) is 2.27. The molecule has 10 heteroatoms. The highest BCUT2D eigenvalue weighted by molar-refractivity contribution is 7.87. The van der Waals surface area contributed by atoms with E-state index in [1.54, 1.807) is 0 Å². The third-order valence-electron chi connectivity index (χ3n) is 1.27. The van der Waals surface area contributed by atoms with Gasteiger partial charge in [-0.05, 0) is 0 Å². The van der Waals surface area contributed by atoms with Crippen molar-refractivity contribution in [3.63, 3.8) is 0 Å². The lowest BCUT2D eigenvalue weighted by molar-refractivity contribution is -0.135. The van der Waals surface area contributed by atoms with Gasteiger partial charge < -0.3 is 13.7 Å². The van der Waals surface area contributed by atoms with E-state index in [4.69, 9.17) is 0 Å². The molecule has 0 heterocycles. The topological polar surface area (TPSA) is 78.9 Å². The van der Waals surface area contributed by atoms with Crippen molar-refractivity contribution in [3.05, 3.63) is 11.8 Å². The molecule has 0 spiro atoms. The van der Waals surface area contributed by atoms with Gasteiger partial charge in [0.05, 0.1) is 13.2 Å². The molecule has 0 saturated heterocycles. The fraction of sp³-hybridized carbons (Fsp3) is 0.571. The normalized spacial score (nSPS) is 13.4. The maximum absolute atomic E-state index is 12.0. The van der Waals surface area contributed by atoms with Gasteiger partial charge in [0, 0.05) is 7.11 Å². The monoisotopic (exact) mass is 278 g/mol. The highest BCUT2D eigenvalue weighted by Gasteiger charge is 2.48. The van der Waals surface area contributed by atoms with Gasteiger partial charge in [-0.15, -0.1) is 0 Å². The maximum Gasteiger partial charge on any atom is 0.534 e. The van der Waals surface area contributed by atoms with Crippen molar-refractivity contribution in [2.75, 3.05) is 20.8 Å². The second-order valence-electron chi connectivity index (χ2n) is 2.55. The number of ether oxygens (including phenoxy) is 2. The molecular weight excluding hydrogens is 269 g/mol. The van der Waals surface area contributed by atoms with Crippen LogP contribution in [-0.2, 0) is 28.6 Å². The quantitative estimate of drug-likeness (QED) is 0.240. The van der Waals surface area contributed by atoms with Crippen LogP contribution in [0.25, 0.3) is 0 Å². The molecule has 0 amide bonds. The Hall–Kier alpha value is -1.29. The Balaban J connectivity index is 5.03. The lowest BCUT2D eigenvalue weighted by Crippen LogP contribution is -2.26. The summed E-state index contributed by atoms with van der Waals surface area (Å²) in [6, 6.07) is 0. The molecule has 0 fully saturated rings. The second kappa shape index (κ2) is 5.87. The average molecular weight is 278 g/mol. The molecule has 0 rings (SSSR count). The molecule has 100 valence electrons. The number of methoxy groups -OCH3 is 2. The molecule has 0 aromatic rings. The van der Waals surface area contributed by atoms with Gasteiger partial charge in [-0.25, -0.2) is 4.79 Å². The van der Waals surface area contributed by atoms with Crippen LogP contribution in [-0.4, -0.2) is 40.7 Å². The average Bonchev–Trinajstić information content (AvgIpc) is 2.15. The van der Waals surface area contributed by atoms with Crippen LogP contribution in [0.4, 0.5) is 13.2 Å². The van der Waals surface area contributed by atoms with Gasteiger partial charge in [0.2, 0.25) is 0 Å². The van der Waals surface area contributed by atoms with Gasteiger partial charge in [0.25, 0.3) is 0 Å². The first-order chi connectivity index (χ1) is 7.64. The van der Waals surface area contributed by atoms with Crippen molar-refractivity contribution >= 4 is 16.1 Å². The summed E-state index contributed by atoms with van der Waals surface area (Å²) in [6.07, 6.45) is 0.437. The summed E-state index contributed by atoms with van der Waals surface area (Å²) < 4.78 is 69.3. The Labute approximate surface area is 95.1 Å². The third kappa shape index (κ3) is 5.04. The molecule has 0 aromatic carbocycles. The van der Waals surface area contributed by atoms with E-state index in [0.717, 1.165) is 14.2 Å². The zero-order chi connectivity index (χ0) is 13.7. The van der Waals surface area contributed by atoms with E-state index in [2.05, 4.69) is 13.7 Å². The smallest absolute Gasteiger partial charge is 0.466 e. The lowest BCUT2D eigenvalue weighted by Gasteiger charge is -2.11. The van der Waals surface area contributed by atoms with Crippen LogP contribution in [0.1, 0.15) is 0 Å². The van der Waals surface area contributed by atoms with Crippen molar-refractivity contribution in [2.24, 2.45) is 0 Å². The van der Waals surface area contributed by atoms with E-state index in [1.165, 1.54) is 0 Å². The van der Waals surface area contributed by atoms with E-state index in [0.29, 0.717) is 6.08 Å². The predicted molar refractivity (Wildman–Crippen MR) is 48.0 cm³/mol. The summed E-state index contributed by atoms with van der Waals surface area (Å²) >= 11 is 0. The molecule has 0 N–H and O–H groups in total. The van der Waals surface area contributed by atoms with Crippen LogP contribution in [0.3, 0.4) is 0 Å². The summed E-state index contributed by atoms with van der Waals surface area (Å²) in [5.74, 6) is -1.91. The van der Waals surface area contributed by atoms with Crippen LogP contribution >= 0.6 is 0 Å². The molecule has 0 aliphatic carbocycles. The van der Waals surface area contributed by atoms with Crippen molar-refractivity contribution in [2.45, 2.75) is 5.51 Å². The van der Waals surface area contributed by atoms with Gasteiger partial charge in [-0.3, -0.25) is 0 Å². The second-order valence-corrected chi connectivity index (χ2v) is 4.09. The molecular formula is C7H9F3O6S. The predicted octanol–water partition coefficient (Wildman–Crippen LogP) is 0.556. The number of esters is 1. The number of halogens is 3. The minimum Gasteiger partial charge on any atom is -0.466 e. The molecule has 0 atom stereocenters. The standard InChI is InChI=1S/C7H9F3O6S/c1-14-4-5(3-6(11)15-2)16-17(12,13)7(8,9)10/h3H,4H2,1-2H3/b5-3-. The van der Waals surface area contributed by atoms with Crippen molar-refractivity contribution in [3.8, 4) is 0 Å². The van der Waals surface area contributed by atoms with Crippen LogP contribution in [0.2, 0.25) is 0 Å². The molecule has 0 bridgehead atoms. The first kappa shape index (κ1) is 15.7. The summed E-state index contributed by atoms with van der Waals surface area (Å²) in [7, 11) is -3.79. The fourth-order valence-corrected chi connectivity index (χ4v) is 1.08. The number of carbonyl (C=O) groups is 1. The van der Waals surface area contributed by atoms with Gasteiger partial charge in [-0.2, -0.15) is 21.6 Å². The Kier molecular flexibility index (Phi) is 5.42. The minimum absolute atomic E-state index is 0.437. The van der Waals surface area contributed by atoms with E-state index in [1.807, 2.05) is 0 Å². The van der Waals surface area contributed by atoms with Gasteiger partial charge in [-0.1, -0.05) is 0 Å². The molecule has 6 nitrogen and oxygen atoms in total. The molecule has 0 saturated carbocycles. The van der Waals surface area contributed by atoms with Crippen molar-refractivity contribution < 1.29 is 40.0 Å². The number of rotatable bonds is 5. The molecule has 0 aliphatic rings. The summed E-state index contributed by atoms with van der Waals surface area (Å²) in [6.45, 7) is -0.635. The van der Waals surface area contributed by atoms with Crippen molar-refractivity contribution in [1.82, 2.24) is 0 Å². The van der Waals surface area contributed by atoms with Crippen LogP contribution < -0.4 is 0 Å². The minimum atomic E-state index is -5.83. The Morgan fingerprint density at radius 2 is 1.82 bits per heavy atom. The lowest BCUT2D eigenvalue weighted by atomic mass is 10.4. The van der Waals surface area contributed by atoms with Gasteiger partial charge >= 0.3 is 21.6 Å². The number of carbonyl (C=O) groups excluding carboxylic acids is 1. The highest BCUT2D eigenvalue weighted by Crippen LogP contribution is 2.26. The fourth-order valence-electron chi connectivity index (χ4n) is 0.611. The Morgan fingerprint density at radius 1 is 1.29 bits per heavy atom. The molecule has 0 unspecified atom stereocenters. The summed E-state index contributed by atoms with van der Waals surface area (Å²) in [4.78, 5) is 10.7.